The molecule has 0 atom stereocenters. The van der Waals surface area contributed by atoms with Crippen LogP contribution in [0.5, 0.6) is 0 Å². The van der Waals surface area contributed by atoms with Crippen LogP contribution in [0.25, 0.3) is 0 Å². The molecule has 0 fully saturated rings. The molecule has 0 rings (SSSR count). The molecule has 0 aromatic rings. The zero-order valence-electron chi connectivity index (χ0n) is 10.3. The molecule has 0 saturated carbocycles. The van der Waals surface area contributed by atoms with Gasteiger partial charge in [-0.1, -0.05) is 13.2 Å². The van der Waals surface area contributed by atoms with E-state index in [4.69, 9.17) is 18.9 Å². The Bertz CT molecular complexity index is 237. The van der Waals surface area contributed by atoms with Crippen molar-refractivity contribution < 1.29 is 23.7 Å². The highest BCUT2D eigenvalue weighted by molar-refractivity contribution is 5.87. The number of carbonyl (C=O) groups is 1. The summed E-state index contributed by atoms with van der Waals surface area (Å²) in [6.07, 6.45) is 1.36. The summed E-state index contributed by atoms with van der Waals surface area (Å²) in [5, 5.41) is 0. The zero-order valence-corrected chi connectivity index (χ0v) is 10.3. The topological polar surface area (TPSA) is 54.0 Å². The van der Waals surface area contributed by atoms with E-state index in [0.29, 0.717) is 38.6 Å². The predicted molar refractivity (Wildman–Crippen MR) is 63.6 cm³/mol. The minimum Gasteiger partial charge on any atom is -0.499 e. The summed E-state index contributed by atoms with van der Waals surface area (Å²) in [4.78, 5) is 11.1. The quantitative estimate of drug-likeness (QED) is 0.237. The van der Waals surface area contributed by atoms with E-state index < -0.39 is 5.97 Å². The Balaban J connectivity index is 3.30. The third-order valence-corrected chi connectivity index (χ3v) is 1.68. The summed E-state index contributed by atoms with van der Waals surface area (Å²) >= 11 is 0. The Morgan fingerprint density at radius 2 is 1.82 bits per heavy atom. The van der Waals surface area contributed by atoms with Crippen LogP contribution in [0.4, 0.5) is 0 Å². The van der Waals surface area contributed by atoms with Gasteiger partial charge in [0.05, 0.1) is 44.9 Å². The van der Waals surface area contributed by atoms with Crippen LogP contribution in [-0.4, -0.2) is 45.6 Å². The van der Waals surface area contributed by atoms with Crippen LogP contribution in [0.3, 0.4) is 0 Å². The van der Waals surface area contributed by atoms with Crippen molar-refractivity contribution in [3.8, 4) is 0 Å². The van der Waals surface area contributed by atoms with Gasteiger partial charge in [-0.15, -0.1) is 0 Å². The number of carbonyl (C=O) groups excluding carboxylic acids is 1. The van der Waals surface area contributed by atoms with Crippen molar-refractivity contribution in [2.24, 2.45) is 0 Å². The monoisotopic (exact) mass is 244 g/mol. The van der Waals surface area contributed by atoms with Gasteiger partial charge in [-0.05, 0) is 6.92 Å². The molecule has 17 heavy (non-hydrogen) atoms. The number of rotatable bonds is 11. The molecule has 0 aliphatic rings. The Hall–Kier alpha value is -1.33. The molecule has 98 valence electrons. The fraction of sp³-hybridized carbons (Fsp3) is 0.583. The van der Waals surface area contributed by atoms with Gasteiger partial charge < -0.3 is 18.9 Å². The van der Waals surface area contributed by atoms with Crippen molar-refractivity contribution >= 4 is 5.97 Å². The van der Waals surface area contributed by atoms with E-state index in [1.54, 1.807) is 6.92 Å². The first-order valence-corrected chi connectivity index (χ1v) is 5.45. The number of ether oxygens (including phenoxy) is 4. The fourth-order valence-electron chi connectivity index (χ4n) is 0.898. The molecule has 0 heterocycles. The first-order chi connectivity index (χ1) is 8.22. The minimum absolute atomic E-state index is 0.158. The van der Waals surface area contributed by atoms with Gasteiger partial charge >= 0.3 is 5.97 Å². The molecule has 0 amide bonds. The van der Waals surface area contributed by atoms with Gasteiger partial charge in [0.15, 0.2) is 0 Å². The van der Waals surface area contributed by atoms with Crippen LogP contribution in [0.1, 0.15) is 6.92 Å². The average Bonchev–Trinajstić information content (AvgIpc) is 2.32. The Kier molecular flexibility index (Phi) is 10.3. The smallest absolute Gasteiger partial charge is 0.335 e. The number of esters is 1. The molecule has 0 aromatic carbocycles. The summed E-state index contributed by atoms with van der Waals surface area (Å²) in [5.41, 5.74) is 0.307. The third-order valence-electron chi connectivity index (χ3n) is 1.68. The van der Waals surface area contributed by atoms with E-state index in [9.17, 15) is 4.79 Å². The summed E-state index contributed by atoms with van der Waals surface area (Å²) in [6.45, 7) is 11.0. The SMILES string of the molecule is C=COCCOCCOCC(=C)C(=O)OCC. The molecule has 0 bridgehead atoms. The van der Waals surface area contributed by atoms with Gasteiger partial charge in [-0.3, -0.25) is 0 Å². The normalized spacial score (nSPS) is 9.71. The maximum Gasteiger partial charge on any atom is 0.335 e. The lowest BCUT2D eigenvalue weighted by atomic mass is 10.3. The highest BCUT2D eigenvalue weighted by Crippen LogP contribution is 1.95. The molecular weight excluding hydrogens is 224 g/mol. The number of hydrogen-bond acceptors (Lipinski definition) is 5. The zero-order chi connectivity index (χ0) is 12.9. The van der Waals surface area contributed by atoms with E-state index in [2.05, 4.69) is 13.2 Å². The van der Waals surface area contributed by atoms with Crippen molar-refractivity contribution in [2.75, 3.05) is 39.6 Å². The fourth-order valence-corrected chi connectivity index (χ4v) is 0.898. The molecular formula is C12H20O5. The molecule has 0 radical (unpaired) electrons. The Morgan fingerprint density at radius 3 is 2.47 bits per heavy atom. The van der Waals surface area contributed by atoms with Crippen LogP contribution in [0.2, 0.25) is 0 Å². The molecule has 0 unspecified atom stereocenters. The van der Waals surface area contributed by atoms with E-state index in [1.807, 2.05) is 0 Å². The Labute approximate surface area is 102 Å². The maximum absolute atomic E-state index is 11.1. The highest BCUT2D eigenvalue weighted by atomic mass is 16.5. The maximum atomic E-state index is 11.1. The van der Waals surface area contributed by atoms with Gasteiger partial charge in [0.25, 0.3) is 0 Å². The first kappa shape index (κ1) is 15.7. The van der Waals surface area contributed by atoms with E-state index in [0.717, 1.165) is 0 Å². The third kappa shape index (κ3) is 9.59. The van der Waals surface area contributed by atoms with Gasteiger partial charge in [0, 0.05) is 0 Å². The summed E-state index contributed by atoms with van der Waals surface area (Å²) in [6, 6.07) is 0. The van der Waals surface area contributed by atoms with Crippen molar-refractivity contribution in [3.63, 3.8) is 0 Å². The molecule has 0 aliphatic carbocycles. The average molecular weight is 244 g/mol. The number of hydrogen-bond donors (Lipinski definition) is 0. The summed E-state index contributed by atoms with van der Waals surface area (Å²) < 4.78 is 20.0. The molecule has 5 nitrogen and oxygen atoms in total. The highest BCUT2D eigenvalue weighted by Gasteiger charge is 2.06. The molecule has 0 spiro atoms. The molecule has 5 heteroatoms. The van der Waals surface area contributed by atoms with Gasteiger partial charge in [-0.2, -0.15) is 0 Å². The van der Waals surface area contributed by atoms with E-state index in [-0.39, 0.29) is 6.61 Å². The first-order valence-electron chi connectivity index (χ1n) is 5.45. The molecule has 0 saturated heterocycles. The van der Waals surface area contributed by atoms with Crippen LogP contribution < -0.4 is 0 Å². The van der Waals surface area contributed by atoms with Crippen LogP contribution in [0, 0.1) is 0 Å². The van der Waals surface area contributed by atoms with Crippen LogP contribution in [-0.2, 0) is 23.7 Å². The van der Waals surface area contributed by atoms with Crippen molar-refractivity contribution in [1.29, 1.82) is 0 Å². The van der Waals surface area contributed by atoms with Crippen molar-refractivity contribution in [2.45, 2.75) is 6.92 Å². The van der Waals surface area contributed by atoms with Gasteiger partial charge in [0.2, 0.25) is 0 Å². The van der Waals surface area contributed by atoms with Gasteiger partial charge in [-0.25, -0.2) is 4.79 Å². The molecule has 0 aliphatic heterocycles. The lowest BCUT2D eigenvalue weighted by Crippen LogP contribution is -2.14. The van der Waals surface area contributed by atoms with E-state index >= 15 is 0 Å². The second kappa shape index (κ2) is 11.2. The van der Waals surface area contributed by atoms with Crippen molar-refractivity contribution in [1.82, 2.24) is 0 Å². The second-order valence-electron chi connectivity index (χ2n) is 3.03. The lowest BCUT2D eigenvalue weighted by molar-refractivity contribution is -0.139. The van der Waals surface area contributed by atoms with Crippen LogP contribution in [0.15, 0.2) is 25.0 Å². The molecule has 0 N–H and O–H groups in total. The van der Waals surface area contributed by atoms with Crippen LogP contribution >= 0.6 is 0 Å². The standard InChI is InChI=1S/C12H20O5/c1-4-14-6-7-15-8-9-16-10-11(3)12(13)17-5-2/h4H,1,3,5-10H2,2H3. The summed E-state index contributed by atoms with van der Waals surface area (Å²) in [5.74, 6) is -0.423. The predicted octanol–water partition coefficient (Wildman–Crippen LogP) is 1.30. The van der Waals surface area contributed by atoms with Gasteiger partial charge in [0.1, 0.15) is 6.61 Å². The Morgan fingerprint density at radius 1 is 1.18 bits per heavy atom. The second-order valence-corrected chi connectivity index (χ2v) is 3.03. The largest absolute Gasteiger partial charge is 0.499 e. The lowest BCUT2D eigenvalue weighted by Gasteiger charge is -2.07. The van der Waals surface area contributed by atoms with E-state index in [1.165, 1.54) is 6.26 Å². The minimum atomic E-state index is -0.423. The van der Waals surface area contributed by atoms with Crippen molar-refractivity contribution in [3.05, 3.63) is 25.0 Å². The molecule has 0 aromatic heterocycles. The summed E-state index contributed by atoms with van der Waals surface area (Å²) in [7, 11) is 0.